The molecular weight excluding hydrogens is 470 g/mol. The number of carbonyl (C=O) groups excluding carboxylic acids is 1. The fourth-order valence-corrected chi connectivity index (χ4v) is 4.27. The first-order valence-corrected chi connectivity index (χ1v) is 12.3. The van der Waals surface area contributed by atoms with E-state index >= 15 is 0 Å². The second-order valence-electron chi connectivity index (χ2n) is 8.61. The van der Waals surface area contributed by atoms with Crippen LogP contribution >= 0.6 is 0 Å². The Labute approximate surface area is 217 Å². The minimum absolute atomic E-state index is 0.109. The second kappa shape index (κ2) is 12.4. The van der Waals surface area contributed by atoms with Crippen LogP contribution in [0.5, 0.6) is 11.5 Å². The predicted octanol–water partition coefficient (Wildman–Crippen LogP) is 5.44. The molecule has 0 unspecified atom stereocenters. The Balaban J connectivity index is 1.70. The summed E-state index contributed by atoms with van der Waals surface area (Å²) in [6, 6.07) is 19.8. The third-order valence-electron chi connectivity index (χ3n) is 6.19. The largest absolute Gasteiger partial charge is 0.497 e. The molecule has 0 saturated carbocycles. The Morgan fingerprint density at radius 3 is 2.59 bits per heavy atom. The van der Waals surface area contributed by atoms with Gasteiger partial charge in [-0.05, 0) is 47.9 Å². The van der Waals surface area contributed by atoms with Crippen LogP contribution in [0.3, 0.4) is 0 Å². The van der Waals surface area contributed by atoms with Gasteiger partial charge in [-0.3, -0.25) is 4.79 Å². The molecule has 194 valence electrons. The number of hydrogen-bond acceptors (Lipinski definition) is 7. The van der Waals surface area contributed by atoms with Gasteiger partial charge >= 0.3 is 5.97 Å². The molecule has 1 heterocycles. The molecule has 7 heteroatoms. The molecule has 1 aromatic heterocycles. The Kier molecular flexibility index (Phi) is 8.82. The monoisotopic (exact) mass is 503 g/mol. The lowest BCUT2D eigenvalue weighted by Gasteiger charge is -2.13. The summed E-state index contributed by atoms with van der Waals surface area (Å²) in [6.45, 7) is 3.37. The molecule has 0 spiro atoms. The molecule has 7 nitrogen and oxygen atoms in total. The van der Waals surface area contributed by atoms with Crippen molar-refractivity contribution in [2.24, 2.45) is 5.73 Å². The van der Waals surface area contributed by atoms with E-state index in [0.717, 1.165) is 44.5 Å². The van der Waals surface area contributed by atoms with Crippen molar-refractivity contribution in [1.29, 1.82) is 0 Å². The van der Waals surface area contributed by atoms with Gasteiger partial charge in [-0.2, -0.15) is 0 Å². The molecule has 0 bridgehead atoms. The lowest BCUT2D eigenvalue weighted by molar-refractivity contribution is -0.142. The zero-order valence-electron chi connectivity index (χ0n) is 21.5. The standard InChI is InChI=1S/C30H33NO6/c1-4-35-30(32)16-23-8-10-24(34-3)17-29(23)36-19-26-25-15-22(21-7-5-6-20(14-21)18-31)9-11-27(25)37-28(26)12-13-33-2/h5-11,14-15,17H,4,12-13,16,18-19,31H2,1-3H3. The van der Waals surface area contributed by atoms with Gasteiger partial charge in [-0.15, -0.1) is 0 Å². The third-order valence-corrected chi connectivity index (χ3v) is 6.19. The molecule has 0 fully saturated rings. The number of esters is 1. The van der Waals surface area contributed by atoms with Crippen LogP contribution < -0.4 is 15.2 Å². The first-order valence-electron chi connectivity index (χ1n) is 12.3. The lowest BCUT2D eigenvalue weighted by Crippen LogP contribution is -2.09. The molecule has 4 aromatic rings. The van der Waals surface area contributed by atoms with Gasteiger partial charge in [0.1, 0.15) is 29.4 Å². The highest BCUT2D eigenvalue weighted by Gasteiger charge is 2.18. The van der Waals surface area contributed by atoms with Gasteiger partial charge in [0.15, 0.2) is 0 Å². The van der Waals surface area contributed by atoms with E-state index in [1.165, 1.54) is 0 Å². The first-order chi connectivity index (χ1) is 18.1. The summed E-state index contributed by atoms with van der Waals surface area (Å²) in [5.41, 5.74) is 11.5. The maximum Gasteiger partial charge on any atom is 0.310 e. The lowest BCUT2D eigenvalue weighted by atomic mass is 10.00. The molecule has 0 aliphatic rings. The van der Waals surface area contributed by atoms with Crippen LogP contribution in [0.2, 0.25) is 0 Å². The number of hydrogen-bond donors (Lipinski definition) is 1. The van der Waals surface area contributed by atoms with E-state index in [4.69, 9.17) is 29.1 Å². The van der Waals surface area contributed by atoms with E-state index in [1.807, 2.05) is 30.3 Å². The molecule has 0 atom stereocenters. The molecule has 0 saturated heterocycles. The van der Waals surface area contributed by atoms with Gasteiger partial charge < -0.3 is 29.1 Å². The van der Waals surface area contributed by atoms with E-state index in [0.29, 0.717) is 37.7 Å². The van der Waals surface area contributed by atoms with Crippen molar-refractivity contribution in [3.05, 3.63) is 83.1 Å². The number of fused-ring (bicyclic) bond motifs is 1. The average molecular weight is 504 g/mol. The zero-order chi connectivity index (χ0) is 26.2. The number of benzene rings is 3. The van der Waals surface area contributed by atoms with Crippen LogP contribution in [0.25, 0.3) is 22.1 Å². The Bertz CT molecular complexity index is 1360. The summed E-state index contributed by atoms with van der Waals surface area (Å²) >= 11 is 0. The average Bonchev–Trinajstić information content (AvgIpc) is 3.27. The molecule has 0 amide bonds. The van der Waals surface area contributed by atoms with Gasteiger partial charge in [0.05, 0.1) is 26.7 Å². The predicted molar refractivity (Wildman–Crippen MR) is 143 cm³/mol. The van der Waals surface area contributed by atoms with E-state index in [9.17, 15) is 4.79 Å². The van der Waals surface area contributed by atoms with Gasteiger partial charge in [0.25, 0.3) is 0 Å². The smallest absolute Gasteiger partial charge is 0.310 e. The number of ether oxygens (including phenoxy) is 4. The van der Waals surface area contributed by atoms with Crippen molar-refractivity contribution in [1.82, 2.24) is 0 Å². The van der Waals surface area contributed by atoms with E-state index in [1.54, 1.807) is 33.3 Å². The highest BCUT2D eigenvalue weighted by atomic mass is 16.5. The minimum Gasteiger partial charge on any atom is -0.497 e. The normalized spacial score (nSPS) is 11.0. The first kappa shape index (κ1) is 26.3. The fraction of sp³-hybridized carbons (Fsp3) is 0.300. The molecule has 2 N–H and O–H groups in total. The van der Waals surface area contributed by atoms with Gasteiger partial charge in [-0.1, -0.05) is 30.3 Å². The van der Waals surface area contributed by atoms with Crippen molar-refractivity contribution in [3.63, 3.8) is 0 Å². The van der Waals surface area contributed by atoms with Crippen molar-refractivity contribution in [2.45, 2.75) is 32.9 Å². The number of carbonyl (C=O) groups is 1. The Morgan fingerprint density at radius 1 is 1.00 bits per heavy atom. The summed E-state index contributed by atoms with van der Waals surface area (Å²) in [6.07, 6.45) is 0.715. The number of rotatable bonds is 12. The van der Waals surface area contributed by atoms with Crippen LogP contribution in [0, 0.1) is 0 Å². The third kappa shape index (κ3) is 6.31. The Morgan fingerprint density at radius 2 is 1.84 bits per heavy atom. The highest BCUT2D eigenvalue weighted by molar-refractivity contribution is 5.87. The van der Waals surface area contributed by atoms with Crippen LogP contribution in [-0.2, 0) is 40.3 Å². The summed E-state index contributed by atoms with van der Waals surface area (Å²) in [5.74, 6) is 1.70. The van der Waals surface area contributed by atoms with Gasteiger partial charge in [-0.25, -0.2) is 0 Å². The number of nitrogens with two attached hydrogens (primary N) is 1. The van der Waals surface area contributed by atoms with Gasteiger partial charge in [0.2, 0.25) is 0 Å². The molecule has 0 radical (unpaired) electrons. The van der Waals surface area contributed by atoms with Crippen molar-refractivity contribution < 1.29 is 28.2 Å². The van der Waals surface area contributed by atoms with Crippen molar-refractivity contribution >= 4 is 16.9 Å². The summed E-state index contributed by atoms with van der Waals surface area (Å²) in [7, 11) is 3.26. The SMILES string of the molecule is CCOC(=O)Cc1ccc(OC)cc1OCc1c(CCOC)oc2ccc(-c3cccc(CN)c3)cc12. The van der Waals surface area contributed by atoms with Crippen molar-refractivity contribution in [3.8, 4) is 22.6 Å². The van der Waals surface area contributed by atoms with Crippen LogP contribution in [-0.4, -0.2) is 33.4 Å². The molecule has 4 rings (SSSR count). The van der Waals surface area contributed by atoms with Crippen LogP contribution in [0.1, 0.15) is 29.4 Å². The fourth-order valence-electron chi connectivity index (χ4n) is 4.27. The summed E-state index contributed by atoms with van der Waals surface area (Å²) < 4.78 is 28.4. The molecule has 3 aromatic carbocycles. The van der Waals surface area contributed by atoms with Crippen molar-refractivity contribution in [2.75, 3.05) is 27.4 Å². The van der Waals surface area contributed by atoms with Crippen LogP contribution in [0.15, 0.2) is 65.1 Å². The quantitative estimate of drug-likeness (QED) is 0.257. The molecular formula is C30H33NO6. The van der Waals surface area contributed by atoms with Gasteiger partial charge in [0, 0.05) is 42.7 Å². The number of methoxy groups -OCH3 is 2. The summed E-state index contributed by atoms with van der Waals surface area (Å²) in [4.78, 5) is 12.2. The van der Waals surface area contributed by atoms with E-state index < -0.39 is 0 Å². The maximum absolute atomic E-state index is 12.2. The van der Waals surface area contributed by atoms with E-state index in [-0.39, 0.29) is 19.0 Å². The topological polar surface area (TPSA) is 93.2 Å². The Hall–Kier alpha value is -3.81. The van der Waals surface area contributed by atoms with Crippen LogP contribution in [0.4, 0.5) is 0 Å². The zero-order valence-corrected chi connectivity index (χ0v) is 21.5. The number of furan rings is 1. The second-order valence-corrected chi connectivity index (χ2v) is 8.61. The maximum atomic E-state index is 12.2. The molecule has 0 aliphatic carbocycles. The van der Waals surface area contributed by atoms with E-state index in [2.05, 4.69) is 18.2 Å². The molecule has 37 heavy (non-hydrogen) atoms. The molecule has 0 aliphatic heterocycles. The summed E-state index contributed by atoms with van der Waals surface area (Å²) in [5, 5.41) is 0.969. The highest BCUT2D eigenvalue weighted by Crippen LogP contribution is 2.33. The minimum atomic E-state index is -0.309.